The van der Waals surface area contributed by atoms with Gasteiger partial charge in [0.25, 0.3) is 11.1 Å². The highest BCUT2D eigenvalue weighted by Crippen LogP contribution is 2.42. The minimum atomic E-state index is -0.315. The SMILES string of the molecule is COc1ccc(F)cc1CSc1nnc(-c2sc3ccccc3c2Cl)o1. The molecule has 2 heterocycles. The summed E-state index contributed by atoms with van der Waals surface area (Å²) in [6.45, 7) is 0. The van der Waals surface area contributed by atoms with Crippen LogP contribution in [0.1, 0.15) is 5.56 Å². The summed E-state index contributed by atoms with van der Waals surface area (Å²) in [6.07, 6.45) is 0. The molecule has 0 spiro atoms. The molecule has 0 aliphatic heterocycles. The molecule has 0 aliphatic rings. The molecule has 2 aromatic heterocycles. The Morgan fingerprint density at radius 3 is 2.88 bits per heavy atom. The number of benzene rings is 2. The van der Waals surface area contributed by atoms with Crippen molar-refractivity contribution in [3.63, 3.8) is 0 Å². The molecule has 4 aromatic rings. The molecule has 2 aromatic carbocycles. The zero-order valence-corrected chi connectivity index (χ0v) is 15.9. The van der Waals surface area contributed by atoms with Gasteiger partial charge in [-0.1, -0.05) is 41.6 Å². The van der Waals surface area contributed by atoms with Crippen LogP contribution in [0, 0.1) is 5.82 Å². The number of hydrogen-bond donors (Lipinski definition) is 0. The Labute approximate surface area is 162 Å². The van der Waals surface area contributed by atoms with Crippen molar-refractivity contribution in [2.24, 2.45) is 0 Å². The molecule has 0 aliphatic carbocycles. The molecular weight excluding hydrogens is 395 g/mol. The van der Waals surface area contributed by atoms with E-state index in [2.05, 4.69) is 10.2 Å². The van der Waals surface area contributed by atoms with Crippen molar-refractivity contribution in [1.29, 1.82) is 0 Å². The molecule has 0 saturated heterocycles. The fraction of sp³-hybridized carbons (Fsp3) is 0.111. The van der Waals surface area contributed by atoms with Gasteiger partial charge in [0.1, 0.15) is 16.4 Å². The zero-order chi connectivity index (χ0) is 18.1. The number of thioether (sulfide) groups is 1. The second-order valence-corrected chi connectivity index (χ2v) is 7.72. The van der Waals surface area contributed by atoms with Crippen LogP contribution in [-0.2, 0) is 5.75 Å². The number of fused-ring (bicyclic) bond motifs is 1. The number of nitrogens with zero attached hydrogens (tertiary/aromatic N) is 2. The van der Waals surface area contributed by atoms with Crippen molar-refractivity contribution < 1.29 is 13.5 Å². The Morgan fingerprint density at radius 2 is 2.08 bits per heavy atom. The van der Waals surface area contributed by atoms with Crippen LogP contribution in [0.25, 0.3) is 20.9 Å². The minimum absolute atomic E-state index is 0.315. The summed E-state index contributed by atoms with van der Waals surface area (Å²) in [5.74, 6) is 1.13. The smallest absolute Gasteiger partial charge is 0.277 e. The number of aromatic nitrogens is 2. The fourth-order valence-electron chi connectivity index (χ4n) is 2.51. The van der Waals surface area contributed by atoms with Gasteiger partial charge in [0.2, 0.25) is 0 Å². The lowest BCUT2D eigenvalue weighted by Gasteiger charge is -2.06. The van der Waals surface area contributed by atoms with Gasteiger partial charge in [-0.3, -0.25) is 0 Å². The molecule has 0 atom stereocenters. The van der Waals surface area contributed by atoms with E-state index in [4.69, 9.17) is 20.8 Å². The molecule has 4 rings (SSSR count). The van der Waals surface area contributed by atoms with E-state index >= 15 is 0 Å². The van der Waals surface area contributed by atoms with Crippen LogP contribution in [0.2, 0.25) is 5.02 Å². The average Bonchev–Trinajstić information content (AvgIpc) is 3.25. The normalized spacial score (nSPS) is 11.2. The highest BCUT2D eigenvalue weighted by atomic mass is 35.5. The highest BCUT2D eigenvalue weighted by Gasteiger charge is 2.18. The predicted molar refractivity (Wildman–Crippen MR) is 103 cm³/mol. The van der Waals surface area contributed by atoms with E-state index in [0.29, 0.717) is 27.6 Å². The number of rotatable bonds is 5. The van der Waals surface area contributed by atoms with Crippen molar-refractivity contribution in [3.8, 4) is 16.5 Å². The van der Waals surface area contributed by atoms with Crippen LogP contribution in [0.4, 0.5) is 4.39 Å². The molecule has 0 unspecified atom stereocenters. The first-order chi connectivity index (χ1) is 12.7. The Balaban J connectivity index is 1.57. The maximum Gasteiger partial charge on any atom is 0.277 e. The largest absolute Gasteiger partial charge is 0.496 e. The van der Waals surface area contributed by atoms with E-state index in [-0.39, 0.29) is 5.82 Å². The Morgan fingerprint density at radius 1 is 1.23 bits per heavy atom. The molecule has 0 saturated carbocycles. The van der Waals surface area contributed by atoms with E-state index in [0.717, 1.165) is 20.5 Å². The number of thiophene rings is 1. The standard InChI is InChI=1S/C18H12ClFN2O2S2/c1-23-13-7-6-11(20)8-10(13)9-25-18-22-21-17(24-18)16-15(19)12-4-2-3-5-14(12)26-16/h2-8H,9H2,1H3. The Kier molecular flexibility index (Phi) is 4.84. The summed E-state index contributed by atoms with van der Waals surface area (Å²) >= 11 is 9.27. The number of hydrogen-bond acceptors (Lipinski definition) is 6. The van der Waals surface area contributed by atoms with Gasteiger partial charge in [0, 0.05) is 21.4 Å². The lowest BCUT2D eigenvalue weighted by molar-refractivity contribution is 0.410. The van der Waals surface area contributed by atoms with Gasteiger partial charge in [-0.05, 0) is 24.3 Å². The van der Waals surface area contributed by atoms with Gasteiger partial charge < -0.3 is 9.15 Å². The van der Waals surface area contributed by atoms with Crippen molar-refractivity contribution in [1.82, 2.24) is 10.2 Å². The van der Waals surface area contributed by atoms with E-state index in [1.807, 2.05) is 24.3 Å². The van der Waals surface area contributed by atoms with Crippen LogP contribution < -0.4 is 4.74 Å². The van der Waals surface area contributed by atoms with Crippen molar-refractivity contribution in [3.05, 3.63) is 58.9 Å². The quantitative estimate of drug-likeness (QED) is 0.378. The number of methoxy groups -OCH3 is 1. The summed E-state index contributed by atoms with van der Waals surface area (Å²) in [7, 11) is 1.55. The molecule has 0 amide bonds. The Bertz CT molecular complexity index is 1080. The minimum Gasteiger partial charge on any atom is -0.496 e. The monoisotopic (exact) mass is 406 g/mol. The second-order valence-electron chi connectivity index (χ2n) is 5.36. The van der Waals surface area contributed by atoms with Crippen LogP contribution in [0.3, 0.4) is 0 Å². The molecule has 0 radical (unpaired) electrons. The van der Waals surface area contributed by atoms with Crippen molar-refractivity contribution >= 4 is 44.8 Å². The first kappa shape index (κ1) is 17.3. The van der Waals surface area contributed by atoms with Gasteiger partial charge in [-0.15, -0.1) is 21.5 Å². The molecule has 0 bridgehead atoms. The fourth-order valence-corrected chi connectivity index (χ4v) is 4.69. The summed E-state index contributed by atoms with van der Waals surface area (Å²) < 4.78 is 25.5. The molecule has 26 heavy (non-hydrogen) atoms. The van der Waals surface area contributed by atoms with Crippen molar-refractivity contribution in [2.75, 3.05) is 7.11 Å². The van der Waals surface area contributed by atoms with E-state index in [1.165, 1.54) is 35.2 Å². The third kappa shape index (κ3) is 3.30. The van der Waals surface area contributed by atoms with Crippen LogP contribution in [0.15, 0.2) is 52.1 Å². The van der Waals surface area contributed by atoms with Crippen LogP contribution >= 0.6 is 34.7 Å². The zero-order valence-electron chi connectivity index (χ0n) is 13.5. The van der Waals surface area contributed by atoms with Gasteiger partial charge in [0.05, 0.1) is 12.1 Å². The summed E-state index contributed by atoms with van der Waals surface area (Å²) in [5, 5.41) is 10.1. The van der Waals surface area contributed by atoms with Gasteiger partial charge in [0.15, 0.2) is 0 Å². The molecule has 8 heteroatoms. The van der Waals surface area contributed by atoms with Crippen molar-refractivity contribution in [2.45, 2.75) is 11.0 Å². The predicted octanol–water partition coefficient (Wildman–Crippen LogP) is 6.04. The summed E-state index contributed by atoms with van der Waals surface area (Å²) in [6, 6.07) is 12.2. The first-order valence-corrected chi connectivity index (χ1v) is 9.80. The maximum atomic E-state index is 13.5. The van der Waals surface area contributed by atoms with Gasteiger partial charge >= 0.3 is 0 Å². The number of ether oxygens (including phenoxy) is 1. The van der Waals surface area contributed by atoms with Crippen LogP contribution in [-0.4, -0.2) is 17.3 Å². The average molecular weight is 407 g/mol. The highest BCUT2D eigenvalue weighted by molar-refractivity contribution is 7.98. The lowest BCUT2D eigenvalue weighted by Crippen LogP contribution is -1.91. The van der Waals surface area contributed by atoms with E-state index < -0.39 is 0 Å². The van der Waals surface area contributed by atoms with Gasteiger partial charge in [-0.25, -0.2) is 4.39 Å². The molecule has 4 nitrogen and oxygen atoms in total. The molecular formula is C18H12ClFN2O2S2. The second kappa shape index (κ2) is 7.26. The summed E-state index contributed by atoms with van der Waals surface area (Å²) in [4.78, 5) is 0.746. The van der Waals surface area contributed by atoms with Gasteiger partial charge in [-0.2, -0.15) is 0 Å². The third-order valence-corrected chi connectivity index (χ3v) is 6.26. The number of halogens is 2. The maximum absolute atomic E-state index is 13.5. The molecule has 0 N–H and O–H groups in total. The topological polar surface area (TPSA) is 48.2 Å². The van der Waals surface area contributed by atoms with E-state index in [1.54, 1.807) is 13.2 Å². The van der Waals surface area contributed by atoms with Crippen LogP contribution in [0.5, 0.6) is 5.75 Å². The first-order valence-electron chi connectivity index (χ1n) is 7.62. The van der Waals surface area contributed by atoms with E-state index in [9.17, 15) is 4.39 Å². The Hall–Kier alpha value is -2.09. The molecule has 0 fully saturated rings. The lowest BCUT2D eigenvalue weighted by atomic mass is 10.2. The molecule has 132 valence electrons. The summed E-state index contributed by atoms with van der Waals surface area (Å²) in [5.41, 5.74) is 0.720. The third-order valence-electron chi connectivity index (χ3n) is 3.73.